The van der Waals surface area contributed by atoms with Gasteiger partial charge in [-0.05, 0) is 25.1 Å². The topological polar surface area (TPSA) is 81.1 Å². The van der Waals surface area contributed by atoms with E-state index in [0.717, 1.165) is 0 Å². The Morgan fingerprint density at radius 3 is 2.38 bits per heavy atom. The van der Waals surface area contributed by atoms with Crippen LogP contribution in [0.4, 0.5) is 0 Å². The van der Waals surface area contributed by atoms with Gasteiger partial charge in [0, 0.05) is 31.2 Å². The molecule has 0 saturated carbocycles. The molecule has 0 aliphatic carbocycles. The number of rotatable bonds is 3. The van der Waals surface area contributed by atoms with Gasteiger partial charge in [-0.3, -0.25) is 14.5 Å². The molecule has 0 bridgehead atoms. The first-order chi connectivity index (χ1) is 9.90. The lowest BCUT2D eigenvalue weighted by Gasteiger charge is -2.36. The number of piperazine rings is 1. The summed E-state index contributed by atoms with van der Waals surface area (Å²) >= 11 is 5.74. The maximum absolute atomic E-state index is 12.3. The highest BCUT2D eigenvalue weighted by atomic mass is 35.5. The first kappa shape index (κ1) is 15.6. The molecule has 2 rings (SSSR count). The molecular formula is C14H17ClN2O4. The Balaban J connectivity index is 2.02. The van der Waals surface area contributed by atoms with Crippen LogP contribution in [0.15, 0.2) is 18.2 Å². The smallest absolute Gasteiger partial charge is 0.320 e. The highest BCUT2D eigenvalue weighted by Gasteiger charge is 2.28. The van der Waals surface area contributed by atoms with Gasteiger partial charge in [0.1, 0.15) is 11.8 Å². The molecule has 1 aromatic rings. The fourth-order valence-corrected chi connectivity index (χ4v) is 2.49. The molecule has 1 aliphatic heterocycles. The molecule has 7 heteroatoms. The number of phenols is 1. The van der Waals surface area contributed by atoms with Crippen LogP contribution in [0.2, 0.25) is 5.02 Å². The summed E-state index contributed by atoms with van der Waals surface area (Å²) in [6, 6.07) is 3.81. The number of amides is 1. The third-order valence-corrected chi connectivity index (χ3v) is 3.93. The van der Waals surface area contributed by atoms with Crippen molar-refractivity contribution in [1.82, 2.24) is 9.80 Å². The lowest BCUT2D eigenvalue weighted by Crippen LogP contribution is -2.53. The van der Waals surface area contributed by atoms with Crippen LogP contribution in [0.3, 0.4) is 0 Å². The minimum absolute atomic E-state index is 0.145. The number of hydrogen-bond donors (Lipinski definition) is 2. The van der Waals surface area contributed by atoms with Crippen molar-refractivity contribution in [2.75, 3.05) is 26.2 Å². The van der Waals surface area contributed by atoms with Gasteiger partial charge >= 0.3 is 5.97 Å². The van der Waals surface area contributed by atoms with Crippen molar-refractivity contribution >= 4 is 23.5 Å². The molecule has 0 spiro atoms. The summed E-state index contributed by atoms with van der Waals surface area (Å²) < 4.78 is 0. The zero-order chi connectivity index (χ0) is 15.6. The van der Waals surface area contributed by atoms with E-state index in [1.54, 1.807) is 17.9 Å². The van der Waals surface area contributed by atoms with E-state index in [1.807, 2.05) is 4.90 Å². The van der Waals surface area contributed by atoms with Crippen molar-refractivity contribution in [3.8, 4) is 5.75 Å². The van der Waals surface area contributed by atoms with Crippen LogP contribution in [0, 0.1) is 0 Å². The summed E-state index contributed by atoms with van der Waals surface area (Å²) in [5.74, 6) is -1.29. The van der Waals surface area contributed by atoms with E-state index in [1.165, 1.54) is 12.1 Å². The van der Waals surface area contributed by atoms with Crippen LogP contribution in [0.25, 0.3) is 0 Å². The standard InChI is InChI=1S/C14H17ClN2O4/c1-9(14(20)21)16-4-6-17(7-5-16)13(19)11-3-2-10(15)8-12(11)18/h2-3,8-9,18H,4-7H2,1H3,(H,20,21). The summed E-state index contributed by atoms with van der Waals surface area (Å²) in [6.07, 6.45) is 0. The largest absolute Gasteiger partial charge is 0.507 e. The Morgan fingerprint density at radius 2 is 1.86 bits per heavy atom. The van der Waals surface area contributed by atoms with Crippen LogP contribution in [0.5, 0.6) is 5.75 Å². The number of aromatic hydroxyl groups is 1. The highest BCUT2D eigenvalue weighted by molar-refractivity contribution is 6.30. The van der Waals surface area contributed by atoms with Crippen LogP contribution in [-0.2, 0) is 4.79 Å². The minimum atomic E-state index is -0.870. The first-order valence-electron chi connectivity index (χ1n) is 6.65. The SMILES string of the molecule is CC(C(=O)O)N1CCN(C(=O)c2ccc(Cl)cc2O)CC1. The van der Waals surface area contributed by atoms with Gasteiger partial charge in [0.25, 0.3) is 5.91 Å². The molecule has 1 aromatic carbocycles. The zero-order valence-electron chi connectivity index (χ0n) is 11.6. The van der Waals surface area contributed by atoms with Gasteiger partial charge in [-0.2, -0.15) is 0 Å². The number of nitrogens with zero attached hydrogens (tertiary/aromatic N) is 2. The Kier molecular flexibility index (Phi) is 4.69. The molecule has 21 heavy (non-hydrogen) atoms. The summed E-state index contributed by atoms with van der Waals surface area (Å²) in [7, 11) is 0. The van der Waals surface area contributed by atoms with Crippen LogP contribution in [-0.4, -0.2) is 64.1 Å². The molecule has 6 nitrogen and oxygen atoms in total. The van der Waals surface area contributed by atoms with Gasteiger partial charge < -0.3 is 15.1 Å². The fraction of sp³-hybridized carbons (Fsp3) is 0.429. The molecule has 1 unspecified atom stereocenters. The number of benzene rings is 1. The summed E-state index contributed by atoms with van der Waals surface area (Å²) in [4.78, 5) is 26.7. The van der Waals surface area contributed by atoms with E-state index in [9.17, 15) is 14.7 Å². The van der Waals surface area contributed by atoms with E-state index >= 15 is 0 Å². The van der Waals surface area contributed by atoms with E-state index in [4.69, 9.17) is 16.7 Å². The van der Waals surface area contributed by atoms with Gasteiger partial charge in [0.05, 0.1) is 5.56 Å². The molecule has 0 radical (unpaired) electrons. The monoisotopic (exact) mass is 312 g/mol. The number of carbonyl (C=O) groups excluding carboxylic acids is 1. The predicted molar refractivity (Wildman–Crippen MR) is 77.7 cm³/mol. The summed E-state index contributed by atoms with van der Waals surface area (Å²) in [5, 5.41) is 19.1. The Hall–Kier alpha value is -1.79. The lowest BCUT2D eigenvalue weighted by molar-refractivity contribution is -0.143. The third-order valence-electron chi connectivity index (χ3n) is 3.70. The van der Waals surface area contributed by atoms with Crippen molar-refractivity contribution < 1.29 is 19.8 Å². The van der Waals surface area contributed by atoms with Crippen LogP contribution < -0.4 is 0 Å². The molecule has 1 amide bonds. The Labute approximate surface area is 127 Å². The van der Waals surface area contributed by atoms with Crippen molar-refractivity contribution in [3.05, 3.63) is 28.8 Å². The number of carboxylic acid groups (broad SMARTS) is 1. The molecule has 1 saturated heterocycles. The van der Waals surface area contributed by atoms with Crippen LogP contribution in [0.1, 0.15) is 17.3 Å². The first-order valence-corrected chi connectivity index (χ1v) is 7.02. The molecule has 0 aromatic heterocycles. The quantitative estimate of drug-likeness (QED) is 0.878. The zero-order valence-corrected chi connectivity index (χ0v) is 12.4. The van der Waals surface area contributed by atoms with Gasteiger partial charge in [-0.1, -0.05) is 11.6 Å². The highest BCUT2D eigenvalue weighted by Crippen LogP contribution is 2.23. The van der Waals surface area contributed by atoms with Crippen molar-refractivity contribution in [3.63, 3.8) is 0 Å². The van der Waals surface area contributed by atoms with Gasteiger partial charge in [-0.15, -0.1) is 0 Å². The second-order valence-electron chi connectivity index (χ2n) is 5.00. The molecule has 2 N–H and O–H groups in total. The maximum atomic E-state index is 12.3. The van der Waals surface area contributed by atoms with E-state index < -0.39 is 12.0 Å². The predicted octanol–water partition coefficient (Wildman–Crippen LogP) is 1.28. The van der Waals surface area contributed by atoms with E-state index in [0.29, 0.717) is 31.2 Å². The van der Waals surface area contributed by atoms with Crippen molar-refractivity contribution in [2.45, 2.75) is 13.0 Å². The Morgan fingerprint density at radius 1 is 1.24 bits per heavy atom. The summed E-state index contributed by atoms with van der Waals surface area (Å²) in [5.41, 5.74) is 0.208. The maximum Gasteiger partial charge on any atom is 0.320 e. The molecule has 1 atom stereocenters. The fourth-order valence-electron chi connectivity index (χ4n) is 2.32. The number of carbonyl (C=O) groups is 2. The van der Waals surface area contributed by atoms with Crippen molar-refractivity contribution in [2.24, 2.45) is 0 Å². The second kappa shape index (κ2) is 6.32. The second-order valence-corrected chi connectivity index (χ2v) is 5.44. The number of hydrogen-bond acceptors (Lipinski definition) is 4. The molecule has 1 heterocycles. The van der Waals surface area contributed by atoms with Gasteiger partial charge in [-0.25, -0.2) is 0 Å². The van der Waals surface area contributed by atoms with Crippen LogP contribution >= 0.6 is 11.6 Å². The molecule has 1 aliphatic rings. The third kappa shape index (κ3) is 3.46. The van der Waals surface area contributed by atoms with E-state index in [-0.39, 0.29) is 17.2 Å². The molecular weight excluding hydrogens is 296 g/mol. The van der Waals surface area contributed by atoms with Gasteiger partial charge in [0.2, 0.25) is 0 Å². The lowest BCUT2D eigenvalue weighted by atomic mass is 10.1. The number of carboxylic acids is 1. The normalized spacial score (nSPS) is 17.5. The summed E-state index contributed by atoms with van der Waals surface area (Å²) in [6.45, 7) is 3.48. The number of aliphatic carboxylic acids is 1. The molecule has 1 fully saturated rings. The van der Waals surface area contributed by atoms with Gasteiger partial charge in [0.15, 0.2) is 0 Å². The molecule has 114 valence electrons. The Bertz CT molecular complexity index is 556. The number of phenolic OH excluding ortho intramolecular Hbond substituents is 1. The van der Waals surface area contributed by atoms with Crippen molar-refractivity contribution in [1.29, 1.82) is 0 Å². The average Bonchev–Trinajstić information content (AvgIpc) is 2.46. The van der Waals surface area contributed by atoms with E-state index in [2.05, 4.69) is 0 Å². The minimum Gasteiger partial charge on any atom is -0.507 e. The number of halogens is 1. The average molecular weight is 313 g/mol.